The number of hydrogen-bond acceptors (Lipinski definition) is 8. The van der Waals surface area contributed by atoms with E-state index in [9.17, 15) is 4.79 Å². The Morgan fingerprint density at radius 1 is 1.11 bits per heavy atom. The lowest BCUT2D eigenvalue weighted by molar-refractivity contribution is 0.0587. The highest BCUT2D eigenvalue weighted by Gasteiger charge is 2.44. The third kappa shape index (κ3) is 4.63. The average Bonchev–Trinajstić information content (AvgIpc) is 2.84. The molecule has 0 spiro atoms. The van der Waals surface area contributed by atoms with Crippen molar-refractivity contribution in [2.75, 3.05) is 25.1 Å². The molecule has 2 atom stereocenters. The average molecular weight is 518 g/mol. The molecular formula is C24H31B4FN4O5. The van der Waals surface area contributed by atoms with Crippen molar-refractivity contribution >= 4 is 42.9 Å². The third-order valence-corrected chi connectivity index (χ3v) is 7.83. The van der Waals surface area contributed by atoms with Gasteiger partial charge in [-0.15, -0.1) is 5.10 Å². The molecule has 14 heteroatoms. The Morgan fingerprint density at radius 2 is 1.82 bits per heavy atom. The van der Waals surface area contributed by atoms with Gasteiger partial charge >= 0.3 is 0 Å². The van der Waals surface area contributed by atoms with Crippen LogP contribution in [0.4, 0.5) is 10.2 Å². The normalized spacial score (nSPS) is 21.8. The number of benzene rings is 1. The van der Waals surface area contributed by atoms with E-state index in [-0.39, 0.29) is 18.7 Å². The van der Waals surface area contributed by atoms with Crippen LogP contribution >= 0.6 is 0 Å². The lowest BCUT2D eigenvalue weighted by Gasteiger charge is -2.47. The number of fused-ring (bicyclic) bond motifs is 2. The Hall–Kier alpha value is -3.14. The number of piperidine rings is 1. The van der Waals surface area contributed by atoms with E-state index >= 15 is 4.39 Å². The summed E-state index contributed by atoms with van der Waals surface area (Å²) in [4.78, 5) is 19.2. The third-order valence-electron chi connectivity index (χ3n) is 7.83. The minimum Gasteiger partial charge on any atom is -0.499 e. The Bertz CT molecular complexity index is 1450. The first-order chi connectivity index (χ1) is 17.9. The summed E-state index contributed by atoms with van der Waals surface area (Å²) in [5.74, 6) is 2.33. The molecule has 1 aromatic carbocycles. The van der Waals surface area contributed by atoms with Crippen LogP contribution in [-0.2, 0) is 11.3 Å². The van der Waals surface area contributed by atoms with Gasteiger partial charge in [-0.1, -0.05) is 0 Å². The summed E-state index contributed by atoms with van der Waals surface area (Å²) in [6.45, 7) is 4.67. The van der Waals surface area contributed by atoms with E-state index in [1.165, 1.54) is 10.6 Å². The highest BCUT2D eigenvalue weighted by Crippen LogP contribution is 2.41. The summed E-state index contributed by atoms with van der Waals surface area (Å²) < 4.78 is 40.3. The van der Waals surface area contributed by atoms with Gasteiger partial charge in [0.1, 0.15) is 43.2 Å². The van der Waals surface area contributed by atoms with Crippen LogP contribution in [0.25, 0.3) is 5.65 Å². The van der Waals surface area contributed by atoms with Gasteiger partial charge in [-0.2, -0.15) is 4.52 Å². The minimum atomic E-state index is -1.26. The van der Waals surface area contributed by atoms with Crippen molar-refractivity contribution in [2.24, 2.45) is 0 Å². The quantitative estimate of drug-likeness (QED) is 0.377. The lowest BCUT2D eigenvalue weighted by atomic mass is 9.41. The molecule has 0 unspecified atom stereocenters. The highest BCUT2D eigenvalue weighted by molar-refractivity contribution is 6.53. The molecule has 1 saturated heterocycles. The molecule has 0 saturated carbocycles. The molecule has 2 aromatic heterocycles. The molecule has 0 amide bonds. The molecule has 38 heavy (non-hydrogen) atoms. The number of aromatic nitrogens is 3. The monoisotopic (exact) mass is 518 g/mol. The first-order valence-electron chi connectivity index (χ1n) is 12.9. The maximum absolute atomic E-state index is 15.5. The molecule has 196 valence electrons. The van der Waals surface area contributed by atoms with Gasteiger partial charge in [-0.05, 0) is 26.0 Å². The summed E-state index contributed by atoms with van der Waals surface area (Å²) in [7, 11) is 9.48. The second kappa shape index (κ2) is 9.55. The van der Waals surface area contributed by atoms with Gasteiger partial charge in [-0.25, -0.2) is 9.37 Å². The summed E-state index contributed by atoms with van der Waals surface area (Å²) in [6, 6.07) is 6.76. The Kier molecular flexibility index (Phi) is 6.65. The summed E-state index contributed by atoms with van der Waals surface area (Å²) in [6.07, 6.45) is -1.43. The summed E-state index contributed by atoms with van der Waals surface area (Å²) in [5, 5.41) is 3.52. The van der Waals surface area contributed by atoms with Gasteiger partial charge < -0.3 is 23.8 Å². The SMILES string of the molecule is BC1(B)Oc2ccc(O[C@@H]3CCN(c4nn5c(=O)cc(COC)nc5c(C)c4C)C[C@@H]3F)cc2OC1(B)B. The molecule has 0 bridgehead atoms. The molecule has 2 aliphatic heterocycles. The van der Waals surface area contributed by atoms with Gasteiger partial charge in [0.05, 0.1) is 29.6 Å². The van der Waals surface area contributed by atoms with Crippen molar-refractivity contribution in [2.45, 2.75) is 50.0 Å². The number of methoxy groups -OCH3 is 1. The predicted octanol–water partition coefficient (Wildman–Crippen LogP) is -1.54. The largest absolute Gasteiger partial charge is 0.499 e. The second-order valence-corrected chi connectivity index (χ2v) is 11.1. The molecule has 5 rings (SSSR count). The molecule has 0 aliphatic carbocycles. The van der Waals surface area contributed by atoms with Gasteiger partial charge in [0.15, 0.2) is 29.1 Å². The predicted molar refractivity (Wildman–Crippen MR) is 153 cm³/mol. The van der Waals surface area contributed by atoms with E-state index < -0.39 is 23.1 Å². The maximum Gasteiger partial charge on any atom is 0.274 e. The first-order valence-corrected chi connectivity index (χ1v) is 12.9. The van der Waals surface area contributed by atoms with E-state index in [0.29, 0.717) is 47.4 Å². The Morgan fingerprint density at radius 3 is 2.50 bits per heavy atom. The van der Waals surface area contributed by atoms with Crippen LogP contribution in [0, 0.1) is 13.8 Å². The zero-order valence-electron chi connectivity index (χ0n) is 23.0. The number of hydrogen-bond donors (Lipinski definition) is 0. The van der Waals surface area contributed by atoms with E-state index in [1.54, 1.807) is 25.3 Å². The molecular weight excluding hydrogens is 487 g/mol. The Labute approximate surface area is 224 Å². The fourth-order valence-corrected chi connectivity index (χ4v) is 4.80. The lowest BCUT2D eigenvalue weighted by Crippen LogP contribution is -2.65. The molecule has 0 N–H and O–H groups in total. The van der Waals surface area contributed by atoms with Gasteiger partial charge in [0.25, 0.3) is 5.56 Å². The van der Waals surface area contributed by atoms with Crippen molar-refractivity contribution in [3.05, 3.63) is 51.4 Å². The van der Waals surface area contributed by atoms with Crippen LogP contribution < -0.4 is 24.7 Å². The minimum absolute atomic E-state index is 0.0964. The molecule has 1 fully saturated rings. The number of rotatable bonds is 5. The summed E-state index contributed by atoms with van der Waals surface area (Å²) >= 11 is 0. The van der Waals surface area contributed by atoms with E-state index in [1.807, 2.05) is 50.1 Å². The van der Waals surface area contributed by atoms with Crippen LogP contribution in [0.1, 0.15) is 23.2 Å². The number of nitrogens with zero attached hydrogens (tertiary/aromatic N) is 4. The molecule has 4 heterocycles. The molecule has 0 radical (unpaired) electrons. The smallest absolute Gasteiger partial charge is 0.274 e. The van der Waals surface area contributed by atoms with E-state index in [4.69, 9.17) is 18.9 Å². The number of halogens is 1. The first kappa shape index (κ1) is 26.5. The number of alkyl halides is 1. The van der Waals surface area contributed by atoms with Crippen LogP contribution in [-0.4, -0.2) is 89.3 Å². The number of ether oxygens (including phenoxy) is 4. The van der Waals surface area contributed by atoms with Crippen LogP contribution in [0.5, 0.6) is 17.2 Å². The van der Waals surface area contributed by atoms with Crippen LogP contribution in [0.15, 0.2) is 29.1 Å². The standard InChI is InChI=1S/C24H31B4FN4O5/c1-12-13(2)22(31-33-20(34)8-14(11-35-3)30-21(12)33)32-7-6-17(16(29)10-32)36-15-4-5-18-19(9-15)38-24(27,28)23(25,26)37-18/h4-5,8-9,16-17H,6-7,10-11,25-28H2,1-3H3/t16-,17+/m0/s1. The fourth-order valence-electron chi connectivity index (χ4n) is 4.80. The van der Waals surface area contributed by atoms with Crippen molar-refractivity contribution in [1.82, 2.24) is 14.6 Å². The second-order valence-electron chi connectivity index (χ2n) is 11.1. The molecule has 3 aromatic rings. The van der Waals surface area contributed by atoms with Crippen molar-refractivity contribution in [1.29, 1.82) is 0 Å². The van der Waals surface area contributed by atoms with Crippen molar-refractivity contribution in [3.63, 3.8) is 0 Å². The zero-order chi connectivity index (χ0) is 27.4. The van der Waals surface area contributed by atoms with Crippen LogP contribution in [0.3, 0.4) is 0 Å². The van der Waals surface area contributed by atoms with Gasteiger partial charge in [0.2, 0.25) is 0 Å². The van der Waals surface area contributed by atoms with Crippen LogP contribution in [0.2, 0.25) is 0 Å². The summed E-state index contributed by atoms with van der Waals surface area (Å²) in [5.41, 5.74) is 2.40. The highest BCUT2D eigenvalue weighted by atomic mass is 19.1. The maximum atomic E-state index is 15.5. The van der Waals surface area contributed by atoms with Gasteiger partial charge in [0, 0.05) is 43.3 Å². The Balaban J connectivity index is 1.34. The zero-order valence-corrected chi connectivity index (χ0v) is 23.0. The molecule has 9 nitrogen and oxygen atoms in total. The topological polar surface area (TPSA) is 87.4 Å². The van der Waals surface area contributed by atoms with Crippen molar-refractivity contribution < 1.29 is 23.3 Å². The number of aryl methyl sites for hydroxylation is 1. The fraction of sp³-hybridized carbons (Fsp3) is 0.458. The molecule has 2 aliphatic rings. The van der Waals surface area contributed by atoms with Gasteiger partial charge in [-0.3, -0.25) is 4.79 Å². The van der Waals surface area contributed by atoms with E-state index in [0.717, 1.165) is 11.1 Å². The number of anilines is 1. The van der Waals surface area contributed by atoms with E-state index in [2.05, 4.69) is 10.1 Å². The van der Waals surface area contributed by atoms with Crippen molar-refractivity contribution in [3.8, 4) is 17.2 Å².